The molecule has 4 nitrogen and oxygen atoms in total. The van der Waals surface area contributed by atoms with Gasteiger partial charge in [0, 0.05) is 18.4 Å². The van der Waals surface area contributed by atoms with Gasteiger partial charge in [-0.2, -0.15) is 5.26 Å². The Morgan fingerprint density at radius 1 is 1.20 bits per heavy atom. The van der Waals surface area contributed by atoms with Gasteiger partial charge in [-0.15, -0.1) is 0 Å². The van der Waals surface area contributed by atoms with Gasteiger partial charge >= 0.3 is 0 Å². The molecule has 5 heteroatoms. The SMILES string of the molecule is Cc1ccc(C2CC(=O)N3CN(C4CCCC4)CSC3=C2C#N)cc1. The van der Waals surface area contributed by atoms with Gasteiger partial charge in [0.15, 0.2) is 0 Å². The van der Waals surface area contributed by atoms with Gasteiger partial charge in [0.25, 0.3) is 0 Å². The number of nitrogens with zero attached hydrogens (tertiary/aromatic N) is 3. The largest absolute Gasteiger partial charge is 0.292 e. The fourth-order valence-electron chi connectivity index (χ4n) is 4.16. The monoisotopic (exact) mass is 353 g/mol. The second-order valence-electron chi connectivity index (χ2n) is 7.26. The van der Waals surface area contributed by atoms with Crippen LogP contribution in [0.4, 0.5) is 0 Å². The molecule has 1 saturated carbocycles. The number of hydrogen-bond acceptors (Lipinski definition) is 4. The molecule has 1 aromatic carbocycles. The molecule has 3 aliphatic rings. The lowest BCUT2D eigenvalue weighted by Crippen LogP contribution is -2.50. The Balaban J connectivity index is 1.63. The van der Waals surface area contributed by atoms with Crippen LogP contribution in [0, 0.1) is 18.3 Å². The van der Waals surface area contributed by atoms with Crippen LogP contribution in [0.2, 0.25) is 0 Å². The van der Waals surface area contributed by atoms with E-state index in [-0.39, 0.29) is 11.8 Å². The molecule has 130 valence electrons. The lowest BCUT2D eigenvalue weighted by atomic mass is 9.86. The normalized spacial score (nSPS) is 25.2. The molecule has 2 aliphatic heterocycles. The van der Waals surface area contributed by atoms with E-state index in [0.717, 1.165) is 22.0 Å². The first kappa shape index (κ1) is 16.7. The van der Waals surface area contributed by atoms with E-state index in [1.807, 2.05) is 4.90 Å². The molecule has 0 radical (unpaired) electrons. The van der Waals surface area contributed by atoms with Crippen molar-refractivity contribution in [3.8, 4) is 6.07 Å². The van der Waals surface area contributed by atoms with Crippen LogP contribution in [0.3, 0.4) is 0 Å². The zero-order valence-corrected chi connectivity index (χ0v) is 15.4. The van der Waals surface area contributed by atoms with Crippen molar-refractivity contribution in [1.29, 1.82) is 5.26 Å². The van der Waals surface area contributed by atoms with Crippen molar-refractivity contribution >= 4 is 17.7 Å². The predicted octanol–water partition coefficient (Wildman–Crippen LogP) is 3.95. The smallest absolute Gasteiger partial charge is 0.229 e. The maximum atomic E-state index is 12.8. The van der Waals surface area contributed by atoms with Crippen LogP contribution >= 0.6 is 11.8 Å². The van der Waals surface area contributed by atoms with E-state index in [0.29, 0.717) is 19.1 Å². The standard InChI is InChI=1S/C20H23N3OS/c1-14-6-8-15(9-7-14)17-10-19(24)23-12-22(16-4-2-3-5-16)13-25-20(23)18(17)11-21/h6-9,16-17H,2-5,10,12-13H2,1H3. The minimum Gasteiger partial charge on any atom is -0.292 e. The molecule has 2 heterocycles. The molecule has 1 amide bonds. The molecular weight excluding hydrogens is 330 g/mol. The number of hydrogen-bond donors (Lipinski definition) is 0. The Bertz CT molecular complexity index is 743. The van der Waals surface area contributed by atoms with Crippen molar-refractivity contribution in [3.63, 3.8) is 0 Å². The lowest BCUT2D eigenvalue weighted by molar-refractivity contribution is -0.132. The number of carbonyl (C=O) groups excluding carboxylic acids is 1. The fraction of sp³-hybridized carbons (Fsp3) is 0.500. The molecule has 1 atom stereocenters. The summed E-state index contributed by atoms with van der Waals surface area (Å²) in [6, 6.07) is 11.2. The summed E-state index contributed by atoms with van der Waals surface area (Å²) in [5, 5.41) is 10.7. The highest BCUT2D eigenvalue weighted by Gasteiger charge is 2.39. The Morgan fingerprint density at radius 2 is 1.92 bits per heavy atom. The summed E-state index contributed by atoms with van der Waals surface area (Å²) in [5.74, 6) is 0.930. The lowest BCUT2D eigenvalue weighted by Gasteiger charge is -2.43. The van der Waals surface area contributed by atoms with E-state index in [1.165, 1.54) is 31.2 Å². The minimum absolute atomic E-state index is 0.102. The number of benzene rings is 1. The van der Waals surface area contributed by atoms with Crippen LogP contribution in [0.15, 0.2) is 34.9 Å². The van der Waals surface area contributed by atoms with E-state index in [2.05, 4.69) is 42.2 Å². The highest BCUT2D eigenvalue weighted by molar-refractivity contribution is 8.03. The van der Waals surface area contributed by atoms with Crippen LogP contribution in [0.1, 0.15) is 49.1 Å². The van der Waals surface area contributed by atoms with Gasteiger partial charge in [0.05, 0.1) is 29.2 Å². The first-order chi connectivity index (χ1) is 12.2. The molecule has 0 aromatic heterocycles. The Kier molecular flexibility index (Phi) is 4.58. The number of amides is 1. The van der Waals surface area contributed by atoms with Crippen LogP contribution in [-0.2, 0) is 4.79 Å². The molecule has 1 aromatic rings. The predicted molar refractivity (Wildman–Crippen MR) is 99.4 cm³/mol. The van der Waals surface area contributed by atoms with Crippen molar-refractivity contribution < 1.29 is 4.79 Å². The maximum absolute atomic E-state index is 12.8. The summed E-state index contributed by atoms with van der Waals surface area (Å²) < 4.78 is 0. The summed E-state index contributed by atoms with van der Waals surface area (Å²) >= 11 is 1.67. The van der Waals surface area contributed by atoms with Gasteiger partial charge < -0.3 is 0 Å². The summed E-state index contributed by atoms with van der Waals surface area (Å²) in [4.78, 5) is 17.1. The van der Waals surface area contributed by atoms with Gasteiger partial charge in [0.1, 0.15) is 0 Å². The van der Waals surface area contributed by atoms with E-state index >= 15 is 0 Å². The highest BCUT2D eigenvalue weighted by atomic mass is 32.2. The zero-order valence-electron chi connectivity index (χ0n) is 14.6. The number of allylic oxidation sites excluding steroid dienone is 1. The van der Waals surface area contributed by atoms with Crippen molar-refractivity contribution in [2.75, 3.05) is 12.5 Å². The molecule has 2 fully saturated rings. The van der Waals surface area contributed by atoms with Crippen molar-refractivity contribution in [1.82, 2.24) is 9.80 Å². The molecule has 1 unspecified atom stereocenters. The zero-order chi connectivity index (χ0) is 17.4. The molecule has 1 aliphatic carbocycles. The van der Waals surface area contributed by atoms with Crippen LogP contribution in [-0.4, -0.2) is 34.3 Å². The molecule has 0 bridgehead atoms. The summed E-state index contributed by atoms with van der Waals surface area (Å²) in [7, 11) is 0. The van der Waals surface area contributed by atoms with Gasteiger partial charge in [0.2, 0.25) is 5.91 Å². The number of carbonyl (C=O) groups is 1. The van der Waals surface area contributed by atoms with Crippen molar-refractivity contribution in [2.24, 2.45) is 0 Å². The third-order valence-corrected chi connectivity index (χ3v) is 6.81. The van der Waals surface area contributed by atoms with Crippen molar-refractivity contribution in [3.05, 3.63) is 46.0 Å². The molecule has 0 spiro atoms. The summed E-state index contributed by atoms with van der Waals surface area (Å²) in [6.07, 6.45) is 5.45. The summed E-state index contributed by atoms with van der Waals surface area (Å²) in [6.45, 7) is 2.70. The van der Waals surface area contributed by atoms with Gasteiger partial charge in [-0.1, -0.05) is 54.4 Å². The van der Waals surface area contributed by atoms with Crippen LogP contribution < -0.4 is 0 Å². The Hall–Kier alpha value is -1.77. The highest BCUT2D eigenvalue weighted by Crippen LogP contribution is 2.43. The Labute approximate surface area is 153 Å². The number of nitriles is 1. The van der Waals surface area contributed by atoms with Gasteiger partial charge in [-0.25, -0.2) is 0 Å². The average molecular weight is 353 g/mol. The molecular formula is C20H23N3OS. The Morgan fingerprint density at radius 3 is 2.60 bits per heavy atom. The van der Waals surface area contributed by atoms with Crippen LogP contribution in [0.5, 0.6) is 0 Å². The number of fused-ring (bicyclic) bond motifs is 1. The number of aryl methyl sites for hydroxylation is 1. The maximum Gasteiger partial charge on any atom is 0.229 e. The van der Waals surface area contributed by atoms with Crippen molar-refractivity contribution in [2.45, 2.75) is 51.0 Å². The number of rotatable bonds is 2. The van der Waals surface area contributed by atoms with E-state index in [9.17, 15) is 10.1 Å². The fourth-order valence-corrected chi connectivity index (χ4v) is 5.40. The second-order valence-corrected chi connectivity index (χ2v) is 8.20. The van der Waals surface area contributed by atoms with E-state index < -0.39 is 0 Å². The minimum atomic E-state index is -0.102. The van der Waals surface area contributed by atoms with Gasteiger partial charge in [-0.3, -0.25) is 14.6 Å². The summed E-state index contributed by atoms with van der Waals surface area (Å²) in [5.41, 5.74) is 3.03. The second kappa shape index (κ2) is 6.86. The molecule has 25 heavy (non-hydrogen) atoms. The third-order valence-electron chi connectivity index (χ3n) is 5.64. The molecule has 1 saturated heterocycles. The van der Waals surface area contributed by atoms with Gasteiger partial charge in [-0.05, 0) is 25.3 Å². The van der Waals surface area contributed by atoms with E-state index in [4.69, 9.17) is 0 Å². The average Bonchev–Trinajstić information content (AvgIpc) is 3.17. The number of thioether (sulfide) groups is 1. The van der Waals surface area contributed by atoms with Crippen LogP contribution in [0.25, 0.3) is 0 Å². The topological polar surface area (TPSA) is 47.3 Å². The first-order valence-corrected chi connectivity index (χ1v) is 10.0. The molecule has 0 N–H and O–H groups in total. The molecule has 4 rings (SSSR count). The third kappa shape index (κ3) is 3.09. The quantitative estimate of drug-likeness (QED) is 0.808. The first-order valence-electron chi connectivity index (χ1n) is 9.05. The van der Waals surface area contributed by atoms with E-state index in [1.54, 1.807) is 11.8 Å².